The number of hydrogen-bond donors (Lipinski definition) is 1. The van der Waals surface area contributed by atoms with E-state index in [2.05, 4.69) is 41.2 Å². The van der Waals surface area contributed by atoms with Gasteiger partial charge in [0.2, 0.25) is 0 Å². The summed E-state index contributed by atoms with van der Waals surface area (Å²) >= 11 is 0. The van der Waals surface area contributed by atoms with Gasteiger partial charge in [0.15, 0.2) is 0 Å². The highest BCUT2D eigenvalue weighted by molar-refractivity contribution is 5.93. The summed E-state index contributed by atoms with van der Waals surface area (Å²) in [5, 5.41) is 2.98. The number of aryl methyl sites for hydroxylation is 1. The van der Waals surface area contributed by atoms with Gasteiger partial charge >= 0.3 is 0 Å². The van der Waals surface area contributed by atoms with E-state index in [-0.39, 0.29) is 5.91 Å². The summed E-state index contributed by atoms with van der Waals surface area (Å²) in [6.07, 6.45) is 6.63. The van der Waals surface area contributed by atoms with Crippen molar-refractivity contribution in [3.05, 3.63) is 59.4 Å². The molecular formula is C21H27N3O. The third-order valence-corrected chi connectivity index (χ3v) is 4.94. The summed E-state index contributed by atoms with van der Waals surface area (Å²) in [4.78, 5) is 19.2. The van der Waals surface area contributed by atoms with E-state index in [9.17, 15) is 4.79 Å². The van der Waals surface area contributed by atoms with E-state index in [4.69, 9.17) is 0 Å². The second kappa shape index (κ2) is 8.15. The molecule has 2 heterocycles. The zero-order valence-electron chi connectivity index (χ0n) is 15.2. The first-order valence-electron chi connectivity index (χ1n) is 9.24. The molecule has 4 heteroatoms. The molecule has 2 aromatic rings. The van der Waals surface area contributed by atoms with Crippen molar-refractivity contribution in [1.29, 1.82) is 0 Å². The first-order chi connectivity index (χ1) is 12.2. The molecule has 0 aliphatic carbocycles. The second-order valence-electron chi connectivity index (χ2n) is 6.82. The van der Waals surface area contributed by atoms with Gasteiger partial charge in [0.1, 0.15) is 5.69 Å². The summed E-state index contributed by atoms with van der Waals surface area (Å²) < 4.78 is 0. The number of nitrogens with one attached hydrogen (secondary N) is 1. The highest BCUT2D eigenvalue weighted by Crippen LogP contribution is 2.26. The predicted molar refractivity (Wildman–Crippen MR) is 102 cm³/mol. The first kappa shape index (κ1) is 17.5. The smallest absolute Gasteiger partial charge is 0.270 e. The number of hydrogen-bond acceptors (Lipinski definition) is 3. The Labute approximate surface area is 150 Å². The summed E-state index contributed by atoms with van der Waals surface area (Å²) in [6.45, 7) is 5.87. The fourth-order valence-corrected chi connectivity index (χ4v) is 3.58. The van der Waals surface area contributed by atoms with Crippen molar-refractivity contribution in [2.24, 2.45) is 0 Å². The number of carbonyl (C=O) groups excluding carboxylic acids is 1. The number of amides is 1. The third kappa shape index (κ3) is 4.38. The van der Waals surface area contributed by atoms with Gasteiger partial charge in [-0.3, -0.25) is 9.78 Å². The van der Waals surface area contributed by atoms with Crippen molar-refractivity contribution in [1.82, 2.24) is 10.3 Å². The van der Waals surface area contributed by atoms with Gasteiger partial charge in [-0.05, 0) is 50.3 Å². The fraction of sp³-hybridized carbons (Fsp3) is 0.429. The van der Waals surface area contributed by atoms with Crippen LogP contribution < -0.4 is 10.2 Å². The van der Waals surface area contributed by atoms with Crippen LogP contribution in [0.3, 0.4) is 0 Å². The Morgan fingerprint density at radius 1 is 1.28 bits per heavy atom. The Bertz CT molecular complexity index is 729. The minimum atomic E-state index is -0.117. The van der Waals surface area contributed by atoms with Gasteiger partial charge in [-0.1, -0.05) is 36.8 Å². The maximum Gasteiger partial charge on any atom is 0.270 e. The van der Waals surface area contributed by atoms with E-state index in [0.717, 1.165) is 24.2 Å². The van der Waals surface area contributed by atoms with Crippen LogP contribution in [0.15, 0.2) is 42.6 Å². The Morgan fingerprint density at radius 2 is 2.16 bits per heavy atom. The third-order valence-electron chi connectivity index (χ3n) is 4.94. The molecule has 1 amide bonds. The van der Waals surface area contributed by atoms with Gasteiger partial charge in [0, 0.05) is 31.0 Å². The number of piperidine rings is 1. The molecule has 1 aliphatic rings. The Morgan fingerprint density at radius 3 is 2.96 bits per heavy atom. The van der Waals surface area contributed by atoms with E-state index in [1.165, 1.54) is 24.8 Å². The number of pyridine rings is 1. The highest BCUT2D eigenvalue weighted by Gasteiger charge is 2.22. The Balaban J connectivity index is 1.69. The molecule has 0 spiro atoms. The summed E-state index contributed by atoms with van der Waals surface area (Å²) in [5.74, 6) is -0.117. The Kier molecular flexibility index (Phi) is 5.69. The maximum absolute atomic E-state index is 12.5. The molecule has 1 aromatic heterocycles. The van der Waals surface area contributed by atoms with Crippen molar-refractivity contribution >= 4 is 11.6 Å². The predicted octanol–water partition coefficient (Wildman–Crippen LogP) is 4.09. The second-order valence-corrected chi connectivity index (χ2v) is 6.82. The summed E-state index contributed by atoms with van der Waals surface area (Å²) in [6, 6.07) is 12.7. The quantitative estimate of drug-likeness (QED) is 0.894. The van der Waals surface area contributed by atoms with E-state index >= 15 is 0 Å². The number of aromatic nitrogens is 1. The molecule has 25 heavy (non-hydrogen) atoms. The monoisotopic (exact) mass is 337 g/mol. The van der Waals surface area contributed by atoms with Crippen LogP contribution in [0.4, 0.5) is 5.69 Å². The number of carbonyl (C=O) groups is 1. The van der Waals surface area contributed by atoms with E-state index in [1.54, 1.807) is 6.20 Å². The molecule has 1 fully saturated rings. The van der Waals surface area contributed by atoms with Gasteiger partial charge in [-0.15, -0.1) is 0 Å². The molecule has 132 valence electrons. The van der Waals surface area contributed by atoms with Crippen LogP contribution in [-0.4, -0.2) is 23.5 Å². The van der Waals surface area contributed by atoms with Crippen LogP contribution in [-0.2, 0) is 6.54 Å². The molecule has 1 aromatic carbocycles. The van der Waals surface area contributed by atoms with Crippen LogP contribution in [0, 0.1) is 6.92 Å². The topological polar surface area (TPSA) is 45.2 Å². The van der Waals surface area contributed by atoms with Gasteiger partial charge in [-0.25, -0.2) is 0 Å². The Hall–Kier alpha value is -2.36. The molecule has 0 bridgehead atoms. The van der Waals surface area contributed by atoms with Crippen molar-refractivity contribution in [3.63, 3.8) is 0 Å². The highest BCUT2D eigenvalue weighted by atomic mass is 16.1. The van der Waals surface area contributed by atoms with E-state index in [0.29, 0.717) is 18.3 Å². The van der Waals surface area contributed by atoms with Gasteiger partial charge in [0.05, 0.1) is 0 Å². The van der Waals surface area contributed by atoms with Crippen LogP contribution in [0.1, 0.15) is 54.2 Å². The van der Waals surface area contributed by atoms with Crippen LogP contribution in [0.25, 0.3) is 0 Å². The number of anilines is 1. The molecule has 0 saturated carbocycles. The summed E-state index contributed by atoms with van der Waals surface area (Å²) in [5.41, 5.74) is 3.90. The zero-order chi connectivity index (χ0) is 17.6. The van der Waals surface area contributed by atoms with E-state index in [1.807, 2.05) is 24.3 Å². The van der Waals surface area contributed by atoms with Crippen LogP contribution >= 0.6 is 0 Å². The van der Waals surface area contributed by atoms with Crippen molar-refractivity contribution in [2.75, 3.05) is 11.4 Å². The lowest BCUT2D eigenvalue weighted by Gasteiger charge is -2.37. The van der Waals surface area contributed by atoms with Gasteiger partial charge in [0.25, 0.3) is 5.91 Å². The van der Waals surface area contributed by atoms with Crippen LogP contribution in [0.5, 0.6) is 0 Å². The normalized spacial score (nSPS) is 17.4. The van der Waals surface area contributed by atoms with Crippen molar-refractivity contribution in [3.8, 4) is 0 Å². The molecule has 1 N–H and O–H groups in total. The molecule has 1 unspecified atom stereocenters. The lowest BCUT2D eigenvalue weighted by atomic mass is 9.99. The van der Waals surface area contributed by atoms with Crippen molar-refractivity contribution in [2.45, 2.75) is 52.1 Å². The van der Waals surface area contributed by atoms with Gasteiger partial charge in [-0.2, -0.15) is 0 Å². The molecule has 1 aliphatic heterocycles. The molecule has 1 saturated heterocycles. The number of rotatable bonds is 5. The first-order valence-corrected chi connectivity index (χ1v) is 9.24. The van der Waals surface area contributed by atoms with Crippen LogP contribution in [0.2, 0.25) is 0 Å². The van der Waals surface area contributed by atoms with E-state index < -0.39 is 0 Å². The SMILES string of the molecule is CCC1CCCCN1c1ccnc(C(=O)NCc2cccc(C)c2)c1. The average Bonchev–Trinajstić information content (AvgIpc) is 2.66. The number of nitrogens with zero attached hydrogens (tertiary/aromatic N) is 2. The average molecular weight is 337 g/mol. The molecule has 1 atom stereocenters. The lowest BCUT2D eigenvalue weighted by molar-refractivity contribution is 0.0946. The van der Waals surface area contributed by atoms with Crippen molar-refractivity contribution < 1.29 is 4.79 Å². The zero-order valence-corrected chi connectivity index (χ0v) is 15.2. The molecular weight excluding hydrogens is 310 g/mol. The standard InChI is InChI=1S/C21H27N3O/c1-3-18-9-4-5-12-24(18)19-10-11-22-20(14-19)21(25)23-15-17-8-6-7-16(2)13-17/h6-8,10-11,13-14,18H,3-5,9,12,15H2,1-2H3,(H,23,25). The maximum atomic E-state index is 12.5. The largest absolute Gasteiger partial charge is 0.368 e. The fourth-order valence-electron chi connectivity index (χ4n) is 3.58. The summed E-state index contributed by atoms with van der Waals surface area (Å²) in [7, 11) is 0. The molecule has 3 rings (SSSR count). The molecule has 4 nitrogen and oxygen atoms in total. The number of benzene rings is 1. The van der Waals surface area contributed by atoms with Gasteiger partial charge < -0.3 is 10.2 Å². The molecule has 0 radical (unpaired) electrons. The minimum Gasteiger partial charge on any atom is -0.368 e. The minimum absolute atomic E-state index is 0.117. The lowest BCUT2D eigenvalue weighted by Crippen LogP contribution is -2.39.